The van der Waals surface area contributed by atoms with Crippen LogP contribution in [0.1, 0.15) is 17.0 Å². The van der Waals surface area contributed by atoms with Crippen molar-refractivity contribution in [1.82, 2.24) is 0 Å². The largest absolute Gasteiger partial charge is 0.496 e. The molecule has 0 amide bonds. The van der Waals surface area contributed by atoms with Gasteiger partial charge in [0.05, 0.1) is 7.11 Å². The highest BCUT2D eigenvalue weighted by Gasteiger charge is 2.61. The van der Waals surface area contributed by atoms with Crippen LogP contribution in [0.15, 0.2) is 36.4 Å². The molecule has 0 aliphatic carbocycles. The van der Waals surface area contributed by atoms with E-state index in [4.69, 9.17) is 28.4 Å². The average Bonchev–Trinajstić information content (AvgIpc) is 3.29. The highest BCUT2D eigenvalue weighted by Crippen LogP contribution is 2.55. The molecule has 0 bridgehead atoms. The maximum atomic E-state index is 12.7. The first-order valence-corrected chi connectivity index (χ1v) is 8.64. The molecule has 27 heavy (non-hydrogen) atoms. The minimum Gasteiger partial charge on any atom is -0.496 e. The monoisotopic (exact) mass is 370 g/mol. The van der Waals surface area contributed by atoms with E-state index in [1.807, 2.05) is 30.3 Å². The van der Waals surface area contributed by atoms with Crippen molar-refractivity contribution < 1.29 is 33.2 Å². The number of hydrogen-bond donors (Lipinski definition) is 0. The lowest BCUT2D eigenvalue weighted by atomic mass is 9.74. The predicted octanol–water partition coefficient (Wildman–Crippen LogP) is 2.46. The second kappa shape index (κ2) is 5.79. The third-order valence-electron chi connectivity index (χ3n) is 5.42. The molecule has 3 aliphatic rings. The van der Waals surface area contributed by atoms with Crippen LogP contribution in [-0.4, -0.2) is 39.4 Å². The molecule has 5 rings (SSSR count). The minimum absolute atomic E-state index is 0.0204. The number of methoxy groups -OCH3 is 2. The van der Waals surface area contributed by atoms with Gasteiger partial charge in [-0.25, -0.2) is 0 Å². The first-order valence-electron chi connectivity index (χ1n) is 8.64. The maximum Gasteiger partial charge on any atom is 0.317 e. The number of ether oxygens (including phenoxy) is 6. The lowest BCUT2D eigenvalue weighted by molar-refractivity contribution is -0.195. The van der Waals surface area contributed by atoms with Crippen molar-refractivity contribution in [2.75, 3.05) is 27.6 Å². The van der Waals surface area contributed by atoms with E-state index in [2.05, 4.69) is 0 Å². The number of rotatable bonds is 3. The quantitative estimate of drug-likeness (QED) is 0.769. The fraction of sp³-hybridized carbons (Fsp3) is 0.350. The van der Waals surface area contributed by atoms with E-state index < -0.39 is 11.7 Å². The van der Waals surface area contributed by atoms with Crippen LogP contribution >= 0.6 is 0 Å². The standard InChI is InChI=1S/C20H18O7/c1-22-13-6-4-3-5-11(13)17-12-7-15-16(26-10-25-15)8-14(12)27-20(23-2)9-24-19(21)18(17)20/h3-8,17-18H,9-10H2,1-2H3/t17-,18-,20+/m0/s1. The number of esters is 1. The van der Waals surface area contributed by atoms with E-state index in [1.54, 1.807) is 13.2 Å². The fourth-order valence-corrected chi connectivity index (χ4v) is 4.15. The predicted molar refractivity (Wildman–Crippen MR) is 92.2 cm³/mol. The summed E-state index contributed by atoms with van der Waals surface area (Å²) >= 11 is 0. The first kappa shape index (κ1) is 16.3. The molecule has 0 unspecified atom stereocenters. The van der Waals surface area contributed by atoms with Crippen molar-refractivity contribution in [2.24, 2.45) is 5.92 Å². The molecular weight excluding hydrogens is 352 g/mol. The van der Waals surface area contributed by atoms with Crippen molar-refractivity contribution in [2.45, 2.75) is 11.7 Å². The number of para-hydroxylation sites is 1. The molecule has 3 aliphatic heterocycles. The third-order valence-corrected chi connectivity index (χ3v) is 5.42. The number of carbonyl (C=O) groups is 1. The van der Waals surface area contributed by atoms with Crippen LogP contribution in [-0.2, 0) is 14.3 Å². The molecule has 7 heteroatoms. The van der Waals surface area contributed by atoms with Crippen molar-refractivity contribution in [3.8, 4) is 23.0 Å². The first-order chi connectivity index (χ1) is 13.2. The zero-order valence-corrected chi connectivity index (χ0v) is 14.9. The summed E-state index contributed by atoms with van der Waals surface area (Å²) in [5.41, 5.74) is 1.66. The van der Waals surface area contributed by atoms with Crippen LogP contribution in [0.4, 0.5) is 0 Å². The molecule has 1 fully saturated rings. The van der Waals surface area contributed by atoms with Gasteiger partial charge >= 0.3 is 5.97 Å². The van der Waals surface area contributed by atoms with Gasteiger partial charge in [-0.15, -0.1) is 0 Å². The Bertz CT molecular complexity index is 925. The summed E-state index contributed by atoms with van der Waals surface area (Å²) in [6, 6.07) is 11.2. The van der Waals surface area contributed by atoms with Gasteiger partial charge in [-0.1, -0.05) is 18.2 Å². The highest BCUT2D eigenvalue weighted by atomic mass is 16.7. The summed E-state index contributed by atoms with van der Waals surface area (Å²) in [6.07, 6.45) is 0. The normalized spacial score (nSPS) is 27.4. The number of fused-ring (bicyclic) bond motifs is 3. The van der Waals surface area contributed by atoms with Gasteiger partial charge in [0, 0.05) is 30.2 Å². The molecule has 2 aromatic carbocycles. The van der Waals surface area contributed by atoms with E-state index in [0.717, 1.165) is 11.1 Å². The molecule has 3 heterocycles. The molecule has 1 saturated heterocycles. The van der Waals surface area contributed by atoms with Crippen molar-refractivity contribution >= 4 is 5.97 Å². The Hall–Kier alpha value is -2.93. The molecule has 2 aromatic rings. The van der Waals surface area contributed by atoms with Gasteiger partial charge in [0.1, 0.15) is 17.4 Å². The molecular formula is C20H18O7. The van der Waals surface area contributed by atoms with Gasteiger partial charge in [0.25, 0.3) is 5.79 Å². The van der Waals surface area contributed by atoms with Crippen LogP contribution in [0.25, 0.3) is 0 Å². The van der Waals surface area contributed by atoms with E-state index in [-0.39, 0.29) is 25.3 Å². The minimum atomic E-state index is -1.21. The van der Waals surface area contributed by atoms with Gasteiger partial charge < -0.3 is 28.4 Å². The second-order valence-electron chi connectivity index (χ2n) is 6.67. The molecule has 0 aromatic heterocycles. The molecule has 0 saturated carbocycles. The Balaban J connectivity index is 1.77. The van der Waals surface area contributed by atoms with Crippen LogP contribution in [0.3, 0.4) is 0 Å². The SMILES string of the molecule is COc1ccccc1[C@H]1c2cc3c(cc2O[C@]2(OC)COC(=O)[C@H]12)OCO3. The summed E-state index contributed by atoms with van der Waals surface area (Å²) < 4.78 is 33.8. The van der Waals surface area contributed by atoms with Crippen LogP contribution in [0.5, 0.6) is 23.0 Å². The summed E-state index contributed by atoms with van der Waals surface area (Å²) in [6.45, 7) is 0.172. The van der Waals surface area contributed by atoms with Crippen LogP contribution in [0, 0.1) is 5.92 Å². The lowest BCUT2D eigenvalue weighted by Crippen LogP contribution is -2.51. The van der Waals surface area contributed by atoms with E-state index >= 15 is 0 Å². The smallest absolute Gasteiger partial charge is 0.317 e. The second-order valence-corrected chi connectivity index (χ2v) is 6.67. The van der Waals surface area contributed by atoms with E-state index in [9.17, 15) is 4.79 Å². The van der Waals surface area contributed by atoms with Crippen molar-refractivity contribution in [1.29, 1.82) is 0 Å². The van der Waals surface area contributed by atoms with E-state index in [0.29, 0.717) is 23.0 Å². The molecule has 0 spiro atoms. The highest BCUT2D eigenvalue weighted by molar-refractivity contribution is 5.80. The van der Waals surface area contributed by atoms with Crippen LogP contribution in [0.2, 0.25) is 0 Å². The van der Waals surface area contributed by atoms with Crippen LogP contribution < -0.4 is 18.9 Å². The molecule has 0 radical (unpaired) electrons. The Labute approximate surface area is 155 Å². The van der Waals surface area contributed by atoms with Gasteiger partial charge in [0.2, 0.25) is 6.79 Å². The van der Waals surface area contributed by atoms with Crippen molar-refractivity contribution in [3.05, 3.63) is 47.5 Å². The molecule has 7 nitrogen and oxygen atoms in total. The molecule has 0 N–H and O–H groups in total. The Kier molecular flexibility index (Phi) is 3.48. The number of benzene rings is 2. The summed E-state index contributed by atoms with van der Waals surface area (Å²) in [5.74, 6) is -0.152. The van der Waals surface area contributed by atoms with Gasteiger partial charge in [-0.2, -0.15) is 0 Å². The fourth-order valence-electron chi connectivity index (χ4n) is 4.15. The zero-order chi connectivity index (χ0) is 18.6. The van der Waals surface area contributed by atoms with Crippen molar-refractivity contribution in [3.63, 3.8) is 0 Å². The third kappa shape index (κ3) is 2.21. The maximum absolute atomic E-state index is 12.7. The zero-order valence-electron chi connectivity index (χ0n) is 14.9. The number of hydrogen-bond acceptors (Lipinski definition) is 7. The Morgan fingerprint density at radius 1 is 1.00 bits per heavy atom. The summed E-state index contributed by atoms with van der Waals surface area (Å²) in [5, 5.41) is 0. The lowest BCUT2D eigenvalue weighted by Gasteiger charge is -2.41. The Morgan fingerprint density at radius 3 is 2.56 bits per heavy atom. The number of carbonyl (C=O) groups excluding carboxylic acids is 1. The topological polar surface area (TPSA) is 72.5 Å². The van der Waals surface area contributed by atoms with Gasteiger partial charge in [0.15, 0.2) is 18.1 Å². The average molecular weight is 370 g/mol. The number of cyclic esters (lactones) is 1. The Morgan fingerprint density at radius 2 is 1.78 bits per heavy atom. The van der Waals surface area contributed by atoms with Gasteiger partial charge in [-0.3, -0.25) is 4.79 Å². The molecule has 140 valence electrons. The van der Waals surface area contributed by atoms with Gasteiger partial charge in [-0.05, 0) is 12.1 Å². The van der Waals surface area contributed by atoms with E-state index in [1.165, 1.54) is 7.11 Å². The summed E-state index contributed by atoms with van der Waals surface area (Å²) in [7, 11) is 3.13. The molecule has 3 atom stereocenters. The summed E-state index contributed by atoms with van der Waals surface area (Å²) in [4.78, 5) is 12.7.